The number of aliphatic imine (C=N–C) groups is 1. The Labute approximate surface area is 148 Å². The Morgan fingerprint density at radius 3 is 2.48 bits per heavy atom. The first-order valence-electron chi connectivity index (χ1n) is 8.30. The summed E-state index contributed by atoms with van der Waals surface area (Å²) < 4.78 is 1.77. The minimum Gasteiger partial charge on any atom is -0.357 e. The Hall–Kier alpha value is -2.83. The van der Waals surface area contributed by atoms with Crippen molar-refractivity contribution in [3.8, 4) is 0 Å². The molecule has 0 saturated heterocycles. The Bertz CT molecular complexity index is 717. The number of carbonyl (C=O) groups excluding carboxylic acids is 1. The number of carbonyl (C=O) groups is 1. The van der Waals surface area contributed by atoms with Crippen molar-refractivity contribution in [2.75, 3.05) is 20.6 Å². The van der Waals surface area contributed by atoms with Gasteiger partial charge in [0.2, 0.25) is 0 Å². The van der Waals surface area contributed by atoms with Crippen LogP contribution in [-0.4, -0.2) is 47.2 Å². The minimum absolute atomic E-state index is 0.00545. The second-order valence-electron chi connectivity index (χ2n) is 5.97. The Balaban J connectivity index is 1.94. The van der Waals surface area contributed by atoms with Gasteiger partial charge in [-0.3, -0.25) is 9.48 Å². The highest BCUT2D eigenvalue weighted by Gasteiger charge is 2.07. The predicted molar refractivity (Wildman–Crippen MR) is 99.3 cm³/mol. The topological polar surface area (TPSA) is 74.5 Å². The van der Waals surface area contributed by atoms with Crippen molar-refractivity contribution < 1.29 is 4.79 Å². The van der Waals surface area contributed by atoms with E-state index in [1.807, 2.05) is 50.6 Å². The molecule has 1 heterocycles. The van der Waals surface area contributed by atoms with Crippen molar-refractivity contribution in [3.05, 3.63) is 53.3 Å². The average molecular weight is 342 g/mol. The van der Waals surface area contributed by atoms with Gasteiger partial charge in [-0.05, 0) is 24.6 Å². The lowest BCUT2D eigenvalue weighted by atomic mass is 10.1. The number of nitrogens with one attached hydrogen (secondary N) is 2. The zero-order valence-electron chi connectivity index (χ0n) is 15.3. The minimum atomic E-state index is 0.00545. The molecule has 2 N–H and O–H groups in total. The van der Waals surface area contributed by atoms with E-state index < -0.39 is 0 Å². The molecule has 134 valence electrons. The van der Waals surface area contributed by atoms with E-state index in [1.165, 1.54) is 0 Å². The second-order valence-corrected chi connectivity index (χ2v) is 5.97. The van der Waals surface area contributed by atoms with Gasteiger partial charge in [-0.1, -0.05) is 12.1 Å². The van der Waals surface area contributed by atoms with Gasteiger partial charge in [0.25, 0.3) is 5.91 Å². The van der Waals surface area contributed by atoms with E-state index in [9.17, 15) is 4.79 Å². The van der Waals surface area contributed by atoms with Gasteiger partial charge in [0.15, 0.2) is 5.96 Å². The van der Waals surface area contributed by atoms with E-state index in [1.54, 1.807) is 23.7 Å². The average Bonchev–Trinajstić information content (AvgIpc) is 3.02. The third-order valence-corrected chi connectivity index (χ3v) is 3.59. The van der Waals surface area contributed by atoms with E-state index in [0.717, 1.165) is 23.6 Å². The number of benzene rings is 1. The number of rotatable bonds is 6. The SMILES string of the molecule is CCNC(=NCc1cnn(C)c1)NCc1ccc(C(=O)N(C)C)cc1. The van der Waals surface area contributed by atoms with Crippen LogP contribution in [0.4, 0.5) is 0 Å². The molecule has 0 bridgehead atoms. The van der Waals surface area contributed by atoms with Crippen LogP contribution in [0.1, 0.15) is 28.4 Å². The smallest absolute Gasteiger partial charge is 0.253 e. The summed E-state index contributed by atoms with van der Waals surface area (Å²) in [5.41, 5.74) is 2.83. The molecule has 2 aromatic rings. The van der Waals surface area contributed by atoms with Gasteiger partial charge in [0, 0.05) is 51.6 Å². The zero-order valence-corrected chi connectivity index (χ0v) is 15.3. The Morgan fingerprint density at radius 1 is 1.20 bits per heavy atom. The van der Waals surface area contributed by atoms with E-state index in [4.69, 9.17) is 0 Å². The largest absolute Gasteiger partial charge is 0.357 e. The summed E-state index contributed by atoms with van der Waals surface area (Å²) >= 11 is 0. The standard InChI is InChI=1S/C18H26N6O/c1-5-19-18(21-11-15-12-22-24(4)13-15)20-10-14-6-8-16(9-7-14)17(25)23(2)3/h6-9,12-13H,5,10-11H2,1-4H3,(H2,19,20,21). The third-order valence-electron chi connectivity index (χ3n) is 3.59. The molecule has 0 fully saturated rings. The lowest BCUT2D eigenvalue weighted by Gasteiger charge is -2.12. The summed E-state index contributed by atoms with van der Waals surface area (Å²) in [6.07, 6.45) is 3.76. The van der Waals surface area contributed by atoms with E-state index >= 15 is 0 Å². The summed E-state index contributed by atoms with van der Waals surface area (Å²) in [7, 11) is 5.39. The normalized spacial score (nSPS) is 11.3. The second kappa shape index (κ2) is 8.86. The fourth-order valence-electron chi connectivity index (χ4n) is 2.27. The van der Waals surface area contributed by atoms with Crippen molar-refractivity contribution in [3.63, 3.8) is 0 Å². The molecule has 7 nitrogen and oxygen atoms in total. The molecule has 7 heteroatoms. The van der Waals surface area contributed by atoms with Crippen LogP contribution in [-0.2, 0) is 20.1 Å². The van der Waals surface area contributed by atoms with Gasteiger partial charge in [0.05, 0.1) is 12.7 Å². The lowest BCUT2D eigenvalue weighted by Crippen LogP contribution is -2.36. The summed E-state index contributed by atoms with van der Waals surface area (Å²) in [6.45, 7) is 4.02. The first kappa shape index (κ1) is 18.5. The van der Waals surface area contributed by atoms with Crippen LogP contribution in [0, 0.1) is 0 Å². The highest BCUT2D eigenvalue weighted by Crippen LogP contribution is 2.06. The maximum absolute atomic E-state index is 11.9. The zero-order chi connectivity index (χ0) is 18.2. The van der Waals surface area contributed by atoms with Gasteiger partial charge >= 0.3 is 0 Å². The van der Waals surface area contributed by atoms with Gasteiger partial charge in [-0.2, -0.15) is 5.10 Å². The third kappa shape index (κ3) is 5.63. The number of nitrogens with zero attached hydrogens (tertiary/aromatic N) is 4. The maximum atomic E-state index is 11.9. The highest BCUT2D eigenvalue weighted by molar-refractivity contribution is 5.93. The molecule has 0 spiro atoms. The van der Waals surface area contributed by atoms with Crippen LogP contribution in [0.15, 0.2) is 41.7 Å². The van der Waals surface area contributed by atoms with Crippen LogP contribution in [0.5, 0.6) is 0 Å². The van der Waals surface area contributed by atoms with Crippen molar-refractivity contribution in [2.45, 2.75) is 20.0 Å². The van der Waals surface area contributed by atoms with Crippen LogP contribution in [0.25, 0.3) is 0 Å². The number of guanidine groups is 1. The van der Waals surface area contributed by atoms with Crippen LogP contribution < -0.4 is 10.6 Å². The molecule has 0 aliphatic heterocycles. The summed E-state index contributed by atoms with van der Waals surface area (Å²) in [5.74, 6) is 0.755. The molecule has 0 saturated carbocycles. The van der Waals surface area contributed by atoms with E-state index in [2.05, 4.69) is 20.7 Å². The Kier molecular flexibility index (Phi) is 6.56. The molecule has 0 radical (unpaired) electrons. The van der Waals surface area contributed by atoms with Crippen molar-refractivity contribution >= 4 is 11.9 Å². The van der Waals surface area contributed by atoms with E-state index in [-0.39, 0.29) is 5.91 Å². The molecule has 0 aliphatic rings. The number of aromatic nitrogens is 2. The fraction of sp³-hybridized carbons (Fsp3) is 0.389. The fourth-order valence-corrected chi connectivity index (χ4v) is 2.27. The van der Waals surface area contributed by atoms with Crippen LogP contribution in [0.3, 0.4) is 0 Å². The quantitative estimate of drug-likeness (QED) is 0.614. The molecular weight excluding hydrogens is 316 g/mol. The van der Waals surface area contributed by atoms with Crippen molar-refractivity contribution in [1.82, 2.24) is 25.3 Å². The summed E-state index contributed by atoms with van der Waals surface area (Å²) in [6, 6.07) is 7.60. The summed E-state index contributed by atoms with van der Waals surface area (Å²) in [5, 5.41) is 10.7. The first-order chi connectivity index (χ1) is 12.0. The number of hydrogen-bond acceptors (Lipinski definition) is 3. The van der Waals surface area contributed by atoms with E-state index in [0.29, 0.717) is 18.7 Å². The molecule has 1 amide bonds. The van der Waals surface area contributed by atoms with Gasteiger partial charge in [-0.25, -0.2) is 4.99 Å². The maximum Gasteiger partial charge on any atom is 0.253 e. The van der Waals surface area contributed by atoms with Gasteiger partial charge < -0.3 is 15.5 Å². The molecule has 0 aliphatic carbocycles. The Morgan fingerprint density at radius 2 is 1.92 bits per heavy atom. The molecular formula is C18H26N6O. The molecule has 0 unspecified atom stereocenters. The molecule has 25 heavy (non-hydrogen) atoms. The number of hydrogen-bond donors (Lipinski definition) is 2. The van der Waals surface area contributed by atoms with Crippen LogP contribution >= 0.6 is 0 Å². The van der Waals surface area contributed by atoms with Gasteiger partial charge in [-0.15, -0.1) is 0 Å². The highest BCUT2D eigenvalue weighted by atomic mass is 16.2. The monoisotopic (exact) mass is 342 g/mol. The van der Waals surface area contributed by atoms with Crippen molar-refractivity contribution in [1.29, 1.82) is 0 Å². The summed E-state index contributed by atoms with van der Waals surface area (Å²) in [4.78, 5) is 18.0. The van der Waals surface area contributed by atoms with Gasteiger partial charge in [0.1, 0.15) is 0 Å². The molecule has 1 aromatic carbocycles. The molecule has 2 rings (SSSR count). The van der Waals surface area contributed by atoms with Crippen LogP contribution in [0.2, 0.25) is 0 Å². The molecule has 1 aromatic heterocycles. The lowest BCUT2D eigenvalue weighted by molar-refractivity contribution is 0.0827. The first-order valence-corrected chi connectivity index (χ1v) is 8.30. The number of amides is 1. The van der Waals surface area contributed by atoms with Crippen molar-refractivity contribution in [2.24, 2.45) is 12.0 Å². The number of aryl methyl sites for hydroxylation is 1. The molecule has 0 atom stereocenters. The predicted octanol–water partition coefficient (Wildman–Crippen LogP) is 1.38.